The van der Waals surface area contributed by atoms with Crippen molar-refractivity contribution in [3.05, 3.63) is 35.4 Å². The second-order valence-corrected chi connectivity index (χ2v) is 7.01. The third kappa shape index (κ3) is 2.32. The predicted molar refractivity (Wildman–Crippen MR) is 84.5 cm³/mol. The van der Waals surface area contributed by atoms with E-state index < -0.39 is 0 Å². The predicted octanol–water partition coefficient (Wildman–Crippen LogP) is 2.69. The monoisotopic (exact) mass is 286 g/mol. The molecular formula is C18H26N2O. The van der Waals surface area contributed by atoms with Gasteiger partial charge in [0.25, 0.3) is 0 Å². The van der Waals surface area contributed by atoms with Gasteiger partial charge < -0.3 is 10.1 Å². The summed E-state index contributed by atoms with van der Waals surface area (Å²) in [5.74, 6) is 0.649. The van der Waals surface area contributed by atoms with Gasteiger partial charge in [0.2, 0.25) is 0 Å². The molecule has 0 radical (unpaired) electrons. The Morgan fingerprint density at radius 1 is 1.10 bits per heavy atom. The van der Waals surface area contributed by atoms with E-state index in [1.54, 1.807) is 0 Å². The molecule has 21 heavy (non-hydrogen) atoms. The molecule has 1 aromatic rings. The first-order chi connectivity index (χ1) is 10.3. The maximum atomic E-state index is 6.02. The number of fused-ring (bicyclic) bond motifs is 3. The molecule has 5 atom stereocenters. The molecule has 1 N–H and O–H groups in total. The first-order valence-corrected chi connectivity index (χ1v) is 8.42. The normalized spacial score (nSPS) is 39.2. The molecule has 2 bridgehead atoms. The van der Waals surface area contributed by atoms with Gasteiger partial charge in [-0.2, -0.15) is 0 Å². The number of ether oxygens (including phenoxy) is 1. The molecule has 1 aromatic carbocycles. The lowest BCUT2D eigenvalue weighted by atomic mass is 9.77. The third-order valence-corrected chi connectivity index (χ3v) is 5.69. The summed E-state index contributed by atoms with van der Waals surface area (Å²) in [6.45, 7) is 4.62. The Kier molecular flexibility index (Phi) is 3.52. The van der Waals surface area contributed by atoms with E-state index in [1.165, 1.54) is 30.4 Å². The molecule has 2 heterocycles. The molecule has 2 aliphatic heterocycles. The average Bonchev–Trinajstić information content (AvgIpc) is 2.85. The van der Waals surface area contributed by atoms with Crippen LogP contribution >= 0.6 is 0 Å². The molecule has 3 aliphatic rings. The van der Waals surface area contributed by atoms with Gasteiger partial charge in [-0.15, -0.1) is 0 Å². The number of likely N-dealkylation sites (tertiary alicyclic amines) is 1. The van der Waals surface area contributed by atoms with Crippen LogP contribution in [0.2, 0.25) is 0 Å². The molecule has 3 heteroatoms. The summed E-state index contributed by atoms with van der Waals surface area (Å²) >= 11 is 0. The van der Waals surface area contributed by atoms with E-state index in [9.17, 15) is 0 Å². The number of benzene rings is 1. The van der Waals surface area contributed by atoms with Crippen molar-refractivity contribution in [2.75, 3.05) is 20.1 Å². The van der Waals surface area contributed by atoms with E-state index in [2.05, 4.69) is 48.5 Å². The van der Waals surface area contributed by atoms with Crippen molar-refractivity contribution < 1.29 is 4.74 Å². The van der Waals surface area contributed by atoms with E-state index in [0.29, 0.717) is 30.2 Å². The summed E-state index contributed by atoms with van der Waals surface area (Å²) in [4.78, 5) is 2.71. The van der Waals surface area contributed by atoms with Crippen LogP contribution < -0.4 is 5.32 Å². The molecule has 1 aliphatic carbocycles. The van der Waals surface area contributed by atoms with Gasteiger partial charge in [-0.05, 0) is 43.4 Å². The standard InChI is InChI=1S/C18H26N2O/c1-12-9-17(20-10-13-7-8-14(11-20)21-13)18(19-2)16-6-4-3-5-15(12)16/h3-6,12-14,17-19H,7-11H2,1-2H3. The van der Waals surface area contributed by atoms with Crippen LogP contribution in [0, 0.1) is 0 Å². The molecule has 3 nitrogen and oxygen atoms in total. The van der Waals surface area contributed by atoms with Gasteiger partial charge in [-0.3, -0.25) is 4.90 Å². The van der Waals surface area contributed by atoms with Gasteiger partial charge in [0.05, 0.1) is 12.2 Å². The summed E-state index contributed by atoms with van der Waals surface area (Å²) in [6, 6.07) is 10.0. The van der Waals surface area contributed by atoms with Crippen LogP contribution in [0.1, 0.15) is 49.3 Å². The number of nitrogens with one attached hydrogen (secondary N) is 1. The first kappa shape index (κ1) is 13.7. The zero-order valence-corrected chi connectivity index (χ0v) is 13.1. The second kappa shape index (κ2) is 5.38. The van der Waals surface area contributed by atoms with Gasteiger partial charge in [0, 0.05) is 25.2 Å². The van der Waals surface area contributed by atoms with E-state index in [-0.39, 0.29) is 0 Å². The van der Waals surface area contributed by atoms with Crippen molar-refractivity contribution in [1.29, 1.82) is 0 Å². The van der Waals surface area contributed by atoms with Crippen molar-refractivity contribution in [3.63, 3.8) is 0 Å². The van der Waals surface area contributed by atoms with E-state index >= 15 is 0 Å². The molecule has 114 valence electrons. The number of hydrogen-bond donors (Lipinski definition) is 1. The lowest BCUT2D eigenvalue weighted by molar-refractivity contribution is -0.0608. The summed E-state index contributed by atoms with van der Waals surface area (Å²) in [5.41, 5.74) is 3.03. The Morgan fingerprint density at radius 2 is 1.76 bits per heavy atom. The van der Waals surface area contributed by atoms with E-state index in [4.69, 9.17) is 4.74 Å². The van der Waals surface area contributed by atoms with Crippen LogP contribution in [0.4, 0.5) is 0 Å². The molecule has 0 aromatic heterocycles. The maximum absolute atomic E-state index is 6.02. The molecule has 4 rings (SSSR count). The SMILES string of the molecule is CNC1c2ccccc2C(C)CC1N1CC2CCC(C1)O2. The summed E-state index contributed by atoms with van der Waals surface area (Å²) in [7, 11) is 2.11. The smallest absolute Gasteiger partial charge is 0.0707 e. The number of rotatable bonds is 2. The highest BCUT2D eigenvalue weighted by Gasteiger charge is 2.41. The Morgan fingerprint density at radius 3 is 2.43 bits per heavy atom. The molecular weight excluding hydrogens is 260 g/mol. The fourth-order valence-corrected chi connectivity index (χ4v) is 4.70. The highest BCUT2D eigenvalue weighted by Crippen LogP contribution is 2.41. The van der Waals surface area contributed by atoms with Gasteiger partial charge in [-0.1, -0.05) is 31.2 Å². The minimum absolute atomic E-state index is 0.454. The van der Waals surface area contributed by atoms with Crippen LogP contribution in [-0.2, 0) is 4.74 Å². The van der Waals surface area contributed by atoms with Crippen molar-refractivity contribution in [2.45, 2.75) is 56.4 Å². The quantitative estimate of drug-likeness (QED) is 0.904. The lowest BCUT2D eigenvalue weighted by Crippen LogP contribution is -2.53. The van der Waals surface area contributed by atoms with Crippen molar-refractivity contribution in [2.24, 2.45) is 0 Å². The van der Waals surface area contributed by atoms with Gasteiger partial charge in [0.1, 0.15) is 0 Å². The van der Waals surface area contributed by atoms with Crippen molar-refractivity contribution in [3.8, 4) is 0 Å². The van der Waals surface area contributed by atoms with Crippen LogP contribution in [-0.4, -0.2) is 43.3 Å². The number of hydrogen-bond acceptors (Lipinski definition) is 3. The molecule has 0 saturated carbocycles. The first-order valence-electron chi connectivity index (χ1n) is 8.42. The van der Waals surface area contributed by atoms with Crippen LogP contribution in [0.25, 0.3) is 0 Å². The molecule has 0 spiro atoms. The maximum Gasteiger partial charge on any atom is 0.0707 e. The van der Waals surface area contributed by atoms with Gasteiger partial charge >= 0.3 is 0 Å². The molecule has 2 saturated heterocycles. The topological polar surface area (TPSA) is 24.5 Å². The zero-order chi connectivity index (χ0) is 14.4. The second-order valence-electron chi connectivity index (χ2n) is 7.01. The third-order valence-electron chi connectivity index (χ3n) is 5.69. The zero-order valence-electron chi connectivity index (χ0n) is 13.1. The number of likely N-dealkylation sites (N-methyl/N-ethyl adjacent to an activating group) is 1. The highest BCUT2D eigenvalue weighted by molar-refractivity contribution is 5.36. The molecule has 5 unspecified atom stereocenters. The van der Waals surface area contributed by atoms with Crippen LogP contribution in [0.15, 0.2) is 24.3 Å². The van der Waals surface area contributed by atoms with Gasteiger partial charge in [0.15, 0.2) is 0 Å². The fourth-order valence-electron chi connectivity index (χ4n) is 4.70. The fraction of sp³-hybridized carbons (Fsp3) is 0.667. The highest BCUT2D eigenvalue weighted by atomic mass is 16.5. The summed E-state index contributed by atoms with van der Waals surface area (Å²) < 4.78 is 6.02. The average molecular weight is 286 g/mol. The van der Waals surface area contributed by atoms with Crippen molar-refractivity contribution in [1.82, 2.24) is 10.2 Å². The minimum Gasteiger partial charge on any atom is -0.372 e. The van der Waals surface area contributed by atoms with Crippen LogP contribution in [0.5, 0.6) is 0 Å². The molecule has 2 fully saturated rings. The largest absolute Gasteiger partial charge is 0.372 e. The minimum atomic E-state index is 0.454. The van der Waals surface area contributed by atoms with Gasteiger partial charge in [-0.25, -0.2) is 0 Å². The number of nitrogens with zero attached hydrogens (tertiary/aromatic N) is 1. The van der Waals surface area contributed by atoms with E-state index in [0.717, 1.165) is 13.1 Å². The summed E-state index contributed by atoms with van der Waals surface area (Å²) in [5, 5.41) is 3.60. The van der Waals surface area contributed by atoms with E-state index in [1.807, 2.05) is 0 Å². The number of morpholine rings is 1. The Balaban J connectivity index is 1.63. The Bertz CT molecular complexity index is 506. The van der Waals surface area contributed by atoms with Crippen molar-refractivity contribution >= 4 is 0 Å². The van der Waals surface area contributed by atoms with Crippen LogP contribution in [0.3, 0.4) is 0 Å². The Labute approximate surface area is 127 Å². The molecule has 0 amide bonds. The lowest BCUT2D eigenvalue weighted by Gasteiger charge is -2.46. The Hall–Kier alpha value is -0.900. The summed E-state index contributed by atoms with van der Waals surface area (Å²) in [6.07, 6.45) is 4.72.